The van der Waals surface area contributed by atoms with E-state index in [0.717, 1.165) is 16.6 Å². The number of aliphatic hydroxyl groups is 1. The van der Waals surface area contributed by atoms with Crippen LogP contribution in [0.25, 0.3) is 5.52 Å². The Morgan fingerprint density at radius 1 is 1.24 bits per heavy atom. The van der Waals surface area contributed by atoms with Gasteiger partial charge >= 0.3 is 0 Å². The summed E-state index contributed by atoms with van der Waals surface area (Å²) in [5.74, 6) is -0.634. The highest BCUT2D eigenvalue weighted by Gasteiger charge is 2.22. The average molecular weight is 341 g/mol. The average Bonchev–Trinajstić information content (AvgIpc) is 2.95. The van der Waals surface area contributed by atoms with Gasteiger partial charge in [0.05, 0.1) is 11.2 Å². The third-order valence-corrected chi connectivity index (χ3v) is 4.15. The summed E-state index contributed by atoms with van der Waals surface area (Å²) >= 11 is 0. The van der Waals surface area contributed by atoms with E-state index in [1.54, 1.807) is 17.4 Å². The van der Waals surface area contributed by atoms with Gasteiger partial charge in [-0.3, -0.25) is 4.79 Å². The minimum absolute atomic E-state index is 0.241. The van der Waals surface area contributed by atoms with Gasteiger partial charge in [-0.2, -0.15) is 0 Å². The Labute approximate surface area is 145 Å². The molecule has 0 aliphatic rings. The molecule has 0 fully saturated rings. The number of nitrogens with zero attached hydrogens (tertiary/aromatic N) is 1. The summed E-state index contributed by atoms with van der Waals surface area (Å²) in [6.07, 6.45) is 0.734. The van der Waals surface area contributed by atoms with E-state index in [1.807, 2.05) is 26.1 Å². The van der Waals surface area contributed by atoms with Gasteiger partial charge in [-0.25, -0.2) is 4.39 Å². The van der Waals surface area contributed by atoms with E-state index in [0.29, 0.717) is 23.4 Å². The highest BCUT2D eigenvalue weighted by Crippen LogP contribution is 2.29. The minimum atomic E-state index is -1.11. The predicted octanol–water partition coefficient (Wildman–Crippen LogP) is 3.95. The number of rotatable bonds is 5. The van der Waals surface area contributed by atoms with Crippen molar-refractivity contribution in [2.45, 2.75) is 27.1 Å². The van der Waals surface area contributed by atoms with Crippen LogP contribution in [0.15, 0.2) is 42.6 Å². The molecule has 1 aromatic carbocycles. The van der Waals surface area contributed by atoms with E-state index in [9.17, 15) is 14.3 Å². The van der Waals surface area contributed by atoms with Gasteiger partial charge in [-0.1, -0.05) is 6.07 Å². The van der Waals surface area contributed by atoms with E-state index in [2.05, 4.69) is 0 Å². The monoisotopic (exact) mass is 341 g/mol. The number of hydrogen-bond donors (Lipinski definition) is 1. The number of aryl methyl sites for hydroxylation is 2. The summed E-state index contributed by atoms with van der Waals surface area (Å²) in [6, 6.07) is 9.07. The number of hydrogen-bond acceptors (Lipinski definition) is 3. The van der Waals surface area contributed by atoms with Crippen LogP contribution in [0.1, 0.15) is 46.0 Å². The molecule has 0 amide bonds. The predicted molar refractivity (Wildman–Crippen MR) is 93.3 cm³/mol. The number of benzene rings is 1. The van der Waals surface area contributed by atoms with Gasteiger partial charge in [-0.15, -0.1) is 0 Å². The van der Waals surface area contributed by atoms with Crippen molar-refractivity contribution in [2.75, 3.05) is 6.61 Å². The Balaban J connectivity index is 2.20. The first-order chi connectivity index (χ1) is 11.9. The largest absolute Gasteiger partial charge is 0.364 e. The van der Waals surface area contributed by atoms with Gasteiger partial charge in [0.15, 0.2) is 6.29 Å². The first-order valence-electron chi connectivity index (χ1n) is 8.14. The third-order valence-electron chi connectivity index (χ3n) is 4.15. The molecule has 0 spiro atoms. The number of halogens is 1. The first-order valence-corrected chi connectivity index (χ1v) is 8.14. The van der Waals surface area contributed by atoms with E-state index >= 15 is 0 Å². The van der Waals surface area contributed by atoms with Crippen molar-refractivity contribution in [2.24, 2.45) is 0 Å². The molecule has 0 saturated carbocycles. The maximum absolute atomic E-state index is 13.1. The molecule has 3 rings (SSSR count). The van der Waals surface area contributed by atoms with Crippen LogP contribution in [0.4, 0.5) is 4.39 Å². The molecule has 1 atom stereocenters. The fourth-order valence-corrected chi connectivity index (χ4v) is 3.11. The molecular formula is C20H20FNO3. The number of carbonyl (C=O) groups is 1. The maximum Gasteiger partial charge on any atom is 0.209 e. The Hall–Kier alpha value is -2.50. The Morgan fingerprint density at radius 3 is 2.56 bits per heavy atom. The van der Waals surface area contributed by atoms with Crippen LogP contribution in [0.3, 0.4) is 0 Å². The number of pyridine rings is 1. The summed E-state index contributed by atoms with van der Waals surface area (Å²) in [6.45, 7) is 6.02. The minimum Gasteiger partial charge on any atom is -0.364 e. The molecule has 2 aromatic heterocycles. The van der Waals surface area contributed by atoms with Crippen molar-refractivity contribution in [3.63, 3.8) is 0 Å². The van der Waals surface area contributed by atoms with Crippen molar-refractivity contribution in [1.82, 2.24) is 4.40 Å². The molecule has 25 heavy (non-hydrogen) atoms. The van der Waals surface area contributed by atoms with Crippen LogP contribution < -0.4 is 0 Å². The second kappa shape index (κ2) is 6.78. The molecule has 3 aromatic rings. The SMILES string of the molecule is CCOC(O)c1cc(C(=O)c2ccc(F)cc2)n2cc(C)cc(C)c12. The molecule has 1 N–H and O–H groups in total. The number of ketones is 1. The normalized spacial score (nSPS) is 12.5. The zero-order chi connectivity index (χ0) is 18.1. The Kier molecular flexibility index (Phi) is 4.70. The lowest BCUT2D eigenvalue weighted by atomic mass is 10.1. The standard InChI is InChI=1S/C20H20FNO3/c1-4-25-20(24)16-10-17(19(23)14-5-7-15(21)8-6-14)22-11-12(2)9-13(3)18(16)22/h5-11,20,24H,4H2,1-3H3. The first kappa shape index (κ1) is 17.3. The van der Waals surface area contributed by atoms with Gasteiger partial charge in [0.25, 0.3) is 0 Å². The Morgan fingerprint density at radius 2 is 1.92 bits per heavy atom. The van der Waals surface area contributed by atoms with Crippen LogP contribution in [0.5, 0.6) is 0 Å². The number of aromatic nitrogens is 1. The Bertz CT molecular complexity index is 928. The lowest BCUT2D eigenvalue weighted by Crippen LogP contribution is -2.06. The van der Waals surface area contributed by atoms with Gasteiger partial charge in [0.2, 0.25) is 5.78 Å². The molecule has 1 unspecified atom stereocenters. The molecule has 4 nitrogen and oxygen atoms in total. The lowest BCUT2D eigenvalue weighted by molar-refractivity contribution is -0.0969. The lowest BCUT2D eigenvalue weighted by Gasteiger charge is -2.11. The second-order valence-electron chi connectivity index (χ2n) is 6.05. The van der Waals surface area contributed by atoms with E-state index in [1.165, 1.54) is 24.3 Å². The van der Waals surface area contributed by atoms with Crippen molar-refractivity contribution in [1.29, 1.82) is 0 Å². The van der Waals surface area contributed by atoms with E-state index < -0.39 is 12.1 Å². The quantitative estimate of drug-likeness (QED) is 0.565. The molecule has 0 saturated heterocycles. The van der Waals surface area contributed by atoms with Gasteiger partial charge in [0, 0.05) is 23.9 Å². The fraction of sp³-hybridized carbons (Fsp3) is 0.250. The number of fused-ring (bicyclic) bond motifs is 1. The molecule has 0 aliphatic heterocycles. The topological polar surface area (TPSA) is 50.9 Å². The smallest absolute Gasteiger partial charge is 0.209 e. The van der Waals surface area contributed by atoms with E-state index in [-0.39, 0.29) is 5.78 Å². The number of ether oxygens (including phenoxy) is 1. The second-order valence-corrected chi connectivity index (χ2v) is 6.05. The zero-order valence-corrected chi connectivity index (χ0v) is 14.4. The van der Waals surface area contributed by atoms with Gasteiger partial charge < -0.3 is 14.2 Å². The van der Waals surface area contributed by atoms with E-state index in [4.69, 9.17) is 4.74 Å². The van der Waals surface area contributed by atoms with Crippen LogP contribution in [0.2, 0.25) is 0 Å². The van der Waals surface area contributed by atoms with Gasteiger partial charge in [-0.05, 0) is 62.2 Å². The molecule has 0 bridgehead atoms. The summed E-state index contributed by atoms with van der Waals surface area (Å²) < 4.78 is 20.2. The highest BCUT2D eigenvalue weighted by atomic mass is 19.1. The van der Waals surface area contributed by atoms with Crippen LogP contribution in [0, 0.1) is 19.7 Å². The summed E-state index contributed by atoms with van der Waals surface area (Å²) in [7, 11) is 0. The number of aliphatic hydroxyl groups excluding tert-OH is 1. The number of carbonyl (C=O) groups excluding carboxylic acids is 1. The molecular weight excluding hydrogens is 321 g/mol. The van der Waals surface area contributed by atoms with Crippen molar-refractivity contribution in [3.05, 3.63) is 76.4 Å². The van der Waals surface area contributed by atoms with Crippen LogP contribution in [-0.4, -0.2) is 21.9 Å². The molecule has 130 valence electrons. The van der Waals surface area contributed by atoms with Crippen molar-refractivity contribution in [3.8, 4) is 0 Å². The molecule has 5 heteroatoms. The summed E-state index contributed by atoms with van der Waals surface area (Å²) in [5, 5.41) is 10.3. The highest BCUT2D eigenvalue weighted by molar-refractivity contribution is 6.09. The van der Waals surface area contributed by atoms with Gasteiger partial charge in [0.1, 0.15) is 5.82 Å². The summed E-state index contributed by atoms with van der Waals surface area (Å²) in [4.78, 5) is 12.9. The van der Waals surface area contributed by atoms with Crippen LogP contribution in [-0.2, 0) is 4.74 Å². The third kappa shape index (κ3) is 3.21. The summed E-state index contributed by atoms with van der Waals surface area (Å²) in [5.41, 5.74) is 4.01. The molecule has 0 aliphatic carbocycles. The maximum atomic E-state index is 13.1. The fourth-order valence-electron chi connectivity index (χ4n) is 3.11. The van der Waals surface area contributed by atoms with Crippen molar-refractivity contribution >= 4 is 11.3 Å². The molecule has 2 heterocycles. The van der Waals surface area contributed by atoms with Crippen molar-refractivity contribution < 1.29 is 19.0 Å². The zero-order valence-electron chi connectivity index (χ0n) is 14.4. The van der Waals surface area contributed by atoms with Crippen LogP contribution >= 0.6 is 0 Å². The molecule has 0 radical (unpaired) electrons.